The van der Waals surface area contributed by atoms with Crippen molar-refractivity contribution in [2.45, 2.75) is 10.6 Å². The van der Waals surface area contributed by atoms with Crippen molar-refractivity contribution in [3.63, 3.8) is 0 Å². The summed E-state index contributed by atoms with van der Waals surface area (Å²) in [6.07, 6.45) is 0. The van der Waals surface area contributed by atoms with Gasteiger partial charge in [0.1, 0.15) is 5.76 Å². The van der Waals surface area contributed by atoms with Crippen LogP contribution in [0, 0.1) is 0 Å². The van der Waals surface area contributed by atoms with Crippen LogP contribution in [0.1, 0.15) is 26.7 Å². The van der Waals surface area contributed by atoms with Gasteiger partial charge in [-0.2, -0.15) is 0 Å². The first-order chi connectivity index (χ1) is 13.1. The number of esters is 1. The molecule has 3 aromatic rings. The number of halogens is 1. The van der Waals surface area contributed by atoms with Crippen LogP contribution in [0.15, 0.2) is 70.0 Å². The van der Waals surface area contributed by atoms with Gasteiger partial charge in [0, 0.05) is 4.90 Å². The van der Waals surface area contributed by atoms with Crippen molar-refractivity contribution >= 4 is 40.9 Å². The van der Waals surface area contributed by atoms with E-state index in [-0.39, 0.29) is 11.3 Å². The summed E-state index contributed by atoms with van der Waals surface area (Å²) in [5, 5.41) is 2.96. The molecule has 0 saturated heterocycles. The maximum Gasteiger partial charge on any atom is 0.337 e. The minimum absolute atomic E-state index is 0.165. The number of rotatable bonds is 6. The molecule has 5 nitrogen and oxygen atoms in total. The fraction of sp³-hybridized carbons (Fsp3) is 0.100. The molecule has 0 bridgehead atoms. The van der Waals surface area contributed by atoms with Crippen LogP contribution in [0.3, 0.4) is 0 Å². The monoisotopic (exact) mass is 401 g/mol. The lowest BCUT2D eigenvalue weighted by Gasteiger charge is -2.07. The van der Waals surface area contributed by atoms with Gasteiger partial charge in [0.25, 0.3) is 5.91 Å². The van der Waals surface area contributed by atoms with Crippen LogP contribution < -0.4 is 5.32 Å². The normalized spacial score (nSPS) is 10.4. The predicted molar refractivity (Wildman–Crippen MR) is 105 cm³/mol. The summed E-state index contributed by atoms with van der Waals surface area (Å²) in [4.78, 5) is 25.2. The van der Waals surface area contributed by atoms with Crippen LogP contribution in [0.4, 0.5) is 5.69 Å². The second-order valence-electron chi connectivity index (χ2n) is 5.51. The second kappa shape index (κ2) is 8.79. The van der Waals surface area contributed by atoms with Crippen LogP contribution in [0.5, 0.6) is 0 Å². The van der Waals surface area contributed by atoms with E-state index in [9.17, 15) is 9.59 Å². The lowest BCUT2D eigenvalue weighted by Crippen LogP contribution is -2.12. The van der Waals surface area contributed by atoms with Crippen LogP contribution >= 0.6 is 23.4 Å². The third kappa shape index (κ3) is 4.93. The Bertz CT molecular complexity index is 956. The third-order valence-electron chi connectivity index (χ3n) is 3.65. The lowest BCUT2D eigenvalue weighted by molar-refractivity contribution is 0.0600. The highest BCUT2D eigenvalue weighted by Gasteiger charge is 2.15. The van der Waals surface area contributed by atoms with Gasteiger partial charge in [-0.3, -0.25) is 4.79 Å². The van der Waals surface area contributed by atoms with Gasteiger partial charge in [-0.15, -0.1) is 11.8 Å². The zero-order chi connectivity index (χ0) is 19.2. The molecule has 138 valence electrons. The number of anilines is 1. The number of carbonyl (C=O) groups is 2. The highest BCUT2D eigenvalue weighted by molar-refractivity contribution is 7.98. The van der Waals surface area contributed by atoms with E-state index >= 15 is 0 Å². The van der Waals surface area contributed by atoms with Crippen molar-refractivity contribution < 1.29 is 18.7 Å². The van der Waals surface area contributed by atoms with Gasteiger partial charge in [0.2, 0.25) is 0 Å². The summed E-state index contributed by atoms with van der Waals surface area (Å²) in [6, 6.07) is 17.8. The van der Waals surface area contributed by atoms with Crippen molar-refractivity contribution in [3.8, 4) is 0 Å². The van der Waals surface area contributed by atoms with Crippen molar-refractivity contribution in [3.05, 3.63) is 82.8 Å². The van der Waals surface area contributed by atoms with Gasteiger partial charge in [0.15, 0.2) is 5.76 Å². The molecule has 3 rings (SSSR count). The molecule has 1 N–H and O–H groups in total. The highest BCUT2D eigenvalue weighted by atomic mass is 35.5. The molecule has 0 aliphatic rings. The fourth-order valence-electron chi connectivity index (χ4n) is 2.30. The number of carbonyl (C=O) groups excluding carboxylic acids is 2. The van der Waals surface area contributed by atoms with E-state index < -0.39 is 11.9 Å². The van der Waals surface area contributed by atoms with Gasteiger partial charge < -0.3 is 14.5 Å². The standard InChI is InChI=1S/C20H16ClNO4S/c1-25-20(24)13-7-9-16(21)17(11-13)22-19(23)18-10-8-14(26-18)12-27-15-5-3-2-4-6-15/h2-11H,12H2,1H3,(H,22,23). The van der Waals surface area contributed by atoms with E-state index in [0.29, 0.717) is 22.2 Å². The Hall–Kier alpha value is -2.70. The Kier molecular flexibility index (Phi) is 6.21. The molecular formula is C20H16ClNO4S. The molecular weight excluding hydrogens is 386 g/mol. The van der Waals surface area contributed by atoms with Crippen molar-refractivity contribution in [2.24, 2.45) is 0 Å². The zero-order valence-corrected chi connectivity index (χ0v) is 16.0. The predicted octanol–water partition coefficient (Wildman–Crippen LogP) is 5.26. The number of ether oxygens (including phenoxy) is 1. The molecule has 2 aromatic carbocycles. The minimum Gasteiger partial charge on any atom is -0.465 e. The average Bonchev–Trinajstić information content (AvgIpc) is 3.17. The van der Waals surface area contributed by atoms with Crippen LogP contribution in [0.25, 0.3) is 0 Å². The maximum absolute atomic E-state index is 12.4. The van der Waals surface area contributed by atoms with Crippen LogP contribution in [-0.2, 0) is 10.5 Å². The fourth-order valence-corrected chi connectivity index (χ4v) is 3.28. The van der Waals surface area contributed by atoms with Gasteiger partial charge >= 0.3 is 5.97 Å². The van der Waals surface area contributed by atoms with Crippen molar-refractivity contribution in [1.82, 2.24) is 0 Å². The van der Waals surface area contributed by atoms with E-state index in [1.54, 1.807) is 23.9 Å². The highest BCUT2D eigenvalue weighted by Crippen LogP contribution is 2.26. The van der Waals surface area contributed by atoms with E-state index in [0.717, 1.165) is 4.90 Å². The van der Waals surface area contributed by atoms with Crippen LogP contribution in [-0.4, -0.2) is 19.0 Å². The third-order valence-corrected chi connectivity index (χ3v) is 5.01. The quantitative estimate of drug-likeness (QED) is 0.450. The van der Waals surface area contributed by atoms with Gasteiger partial charge in [-0.25, -0.2) is 4.79 Å². The number of amides is 1. The Morgan fingerprint density at radius 3 is 2.63 bits per heavy atom. The molecule has 7 heteroatoms. The molecule has 1 amide bonds. The smallest absolute Gasteiger partial charge is 0.337 e. The molecule has 0 spiro atoms. The number of benzene rings is 2. The molecule has 0 aliphatic heterocycles. The minimum atomic E-state index is -0.514. The van der Waals surface area contributed by atoms with E-state index in [1.165, 1.54) is 25.3 Å². The number of hydrogen-bond acceptors (Lipinski definition) is 5. The molecule has 1 heterocycles. The summed E-state index contributed by atoms with van der Waals surface area (Å²) in [5.41, 5.74) is 0.595. The molecule has 0 atom stereocenters. The Balaban J connectivity index is 1.67. The number of methoxy groups -OCH3 is 1. The molecule has 0 radical (unpaired) electrons. The van der Waals surface area contributed by atoms with Crippen molar-refractivity contribution in [1.29, 1.82) is 0 Å². The van der Waals surface area contributed by atoms with E-state index in [4.69, 9.17) is 16.0 Å². The van der Waals surface area contributed by atoms with E-state index in [2.05, 4.69) is 10.1 Å². The molecule has 0 unspecified atom stereocenters. The first kappa shape index (κ1) is 19.1. The Morgan fingerprint density at radius 1 is 1.11 bits per heavy atom. The molecule has 1 aromatic heterocycles. The Morgan fingerprint density at radius 2 is 1.89 bits per heavy atom. The molecule has 27 heavy (non-hydrogen) atoms. The summed E-state index contributed by atoms with van der Waals surface area (Å²) in [6.45, 7) is 0. The van der Waals surface area contributed by atoms with Gasteiger partial charge in [-0.05, 0) is 42.5 Å². The molecule has 0 aliphatic carbocycles. The summed E-state index contributed by atoms with van der Waals surface area (Å²) < 4.78 is 10.3. The SMILES string of the molecule is COC(=O)c1ccc(Cl)c(NC(=O)c2ccc(CSc3ccccc3)o2)c1. The Labute approximate surface area is 165 Å². The number of hydrogen-bond donors (Lipinski definition) is 1. The first-order valence-electron chi connectivity index (χ1n) is 8.02. The lowest BCUT2D eigenvalue weighted by atomic mass is 10.2. The summed E-state index contributed by atoms with van der Waals surface area (Å²) in [5.74, 6) is 0.493. The molecule has 0 saturated carbocycles. The summed E-state index contributed by atoms with van der Waals surface area (Å²) in [7, 11) is 1.28. The van der Waals surface area contributed by atoms with E-state index in [1.807, 2.05) is 30.3 Å². The number of nitrogens with one attached hydrogen (secondary N) is 1. The van der Waals surface area contributed by atoms with Gasteiger partial charge in [-0.1, -0.05) is 29.8 Å². The van der Waals surface area contributed by atoms with Gasteiger partial charge in [0.05, 0.1) is 29.1 Å². The summed E-state index contributed by atoms with van der Waals surface area (Å²) >= 11 is 7.71. The number of thioether (sulfide) groups is 1. The second-order valence-corrected chi connectivity index (χ2v) is 6.96. The first-order valence-corrected chi connectivity index (χ1v) is 9.39. The number of furan rings is 1. The topological polar surface area (TPSA) is 68.5 Å². The molecule has 0 fully saturated rings. The van der Waals surface area contributed by atoms with Crippen molar-refractivity contribution in [2.75, 3.05) is 12.4 Å². The largest absolute Gasteiger partial charge is 0.465 e. The maximum atomic E-state index is 12.4. The zero-order valence-electron chi connectivity index (χ0n) is 14.4. The van der Waals surface area contributed by atoms with Crippen LogP contribution in [0.2, 0.25) is 5.02 Å². The average molecular weight is 402 g/mol.